The molecule has 1 fully saturated rings. The van der Waals surface area contributed by atoms with Crippen LogP contribution < -0.4 is 9.64 Å². The number of benzene rings is 1. The van der Waals surface area contributed by atoms with Crippen molar-refractivity contribution in [2.45, 2.75) is 39.7 Å². The number of methoxy groups -OCH3 is 1. The van der Waals surface area contributed by atoms with Gasteiger partial charge in [-0.25, -0.2) is 0 Å². The van der Waals surface area contributed by atoms with Crippen molar-refractivity contribution in [3.8, 4) is 11.8 Å². The van der Waals surface area contributed by atoms with Crippen LogP contribution in [0.15, 0.2) is 24.4 Å². The average molecular weight is 381 g/mol. The lowest BCUT2D eigenvalue weighted by molar-refractivity contribution is -0.162. The van der Waals surface area contributed by atoms with Crippen LogP contribution in [-0.2, 0) is 9.53 Å². The molecule has 0 unspecified atom stereocenters. The second kappa shape index (κ2) is 7.67. The van der Waals surface area contributed by atoms with Crippen molar-refractivity contribution in [2.75, 3.05) is 25.1 Å². The fraction of sp³-hybridized carbons (Fsp3) is 0.500. The Balaban J connectivity index is 1.90. The molecule has 1 aliphatic heterocycles. The largest absolute Gasteiger partial charge is 0.497 e. The van der Waals surface area contributed by atoms with E-state index in [-0.39, 0.29) is 17.8 Å². The van der Waals surface area contributed by atoms with Crippen molar-refractivity contribution in [2.24, 2.45) is 11.8 Å². The Morgan fingerprint density at radius 3 is 2.71 bits per heavy atom. The first kappa shape index (κ1) is 19.9. The van der Waals surface area contributed by atoms with Gasteiger partial charge < -0.3 is 14.4 Å². The van der Waals surface area contributed by atoms with Gasteiger partial charge in [0.25, 0.3) is 0 Å². The molecule has 6 heteroatoms. The van der Waals surface area contributed by atoms with Crippen LogP contribution in [-0.4, -0.2) is 36.8 Å². The molecule has 0 aliphatic carbocycles. The van der Waals surface area contributed by atoms with Gasteiger partial charge in [-0.3, -0.25) is 9.78 Å². The Bertz CT molecular complexity index is 927. The molecule has 0 N–H and O–H groups in total. The van der Waals surface area contributed by atoms with Gasteiger partial charge in [-0.05, 0) is 45.2 Å². The monoisotopic (exact) mass is 381 g/mol. The van der Waals surface area contributed by atoms with E-state index in [9.17, 15) is 10.1 Å². The molecule has 0 spiro atoms. The van der Waals surface area contributed by atoms with Crippen molar-refractivity contribution < 1.29 is 14.3 Å². The summed E-state index contributed by atoms with van der Waals surface area (Å²) in [7, 11) is 1.62. The SMILES string of the molecule is COc1ccc2c(N3CC[C@H](C(=O)OC(C)(C)C)[C@H](C)C3)c(C#N)cnc2c1. The minimum atomic E-state index is -0.484. The van der Waals surface area contributed by atoms with Gasteiger partial charge >= 0.3 is 5.97 Å². The number of nitriles is 1. The molecule has 28 heavy (non-hydrogen) atoms. The highest BCUT2D eigenvalue weighted by Crippen LogP contribution is 2.36. The Labute approximate surface area is 166 Å². The van der Waals surface area contributed by atoms with E-state index in [0.29, 0.717) is 25.1 Å². The first-order valence-corrected chi connectivity index (χ1v) is 9.58. The van der Waals surface area contributed by atoms with Gasteiger partial charge in [0.2, 0.25) is 0 Å². The van der Waals surface area contributed by atoms with Crippen molar-refractivity contribution in [3.05, 3.63) is 30.0 Å². The van der Waals surface area contributed by atoms with Gasteiger partial charge in [-0.1, -0.05) is 6.92 Å². The molecule has 0 amide bonds. The first-order valence-electron chi connectivity index (χ1n) is 9.58. The summed E-state index contributed by atoms with van der Waals surface area (Å²) < 4.78 is 10.9. The molecule has 3 rings (SSSR count). The van der Waals surface area contributed by atoms with Crippen LogP contribution in [0.1, 0.15) is 39.7 Å². The summed E-state index contributed by atoms with van der Waals surface area (Å²) in [6, 6.07) is 7.97. The summed E-state index contributed by atoms with van der Waals surface area (Å²) in [5.74, 6) is 0.586. The van der Waals surface area contributed by atoms with Crippen LogP contribution in [0.5, 0.6) is 5.75 Å². The minimum Gasteiger partial charge on any atom is -0.497 e. The lowest BCUT2D eigenvalue weighted by atomic mass is 9.86. The molecular weight excluding hydrogens is 354 g/mol. The van der Waals surface area contributed by atoms with Gasteiger partial charge in [-0.15, -0.1) is 0 Å². The average Bonchev–Trinajstić information content (AvgIpc) is 2.64. The number of hydrogen-bond donors (Lipinski definition) is 0. The summed E-state index contributed by atoms with van der Waals surface area (Å²) in [6.07, 6.45) is 2.31. The van der Waals surface area contributed by atoms with E-state index in [1.54, 1.807) is 13.3 Å². The van der Waals surface area contributed by atoms with E-state index in [1.807, 2.05) is 39.0 Å². The molecule has 2 atom stereocenters. The number of esters is 1. The van der Waals surface area contributed by atoms with Crippen LogP contribution in [0.2, 0.25) is 0 Å². The molecule has 2 heterocycles. The summed E-state index contributed by atoms with van der Waals surface area (Å²) in [4.78, 5) is 19.2. The molecule has 2 aromatic rings. The van der Waals surface area contributed by atoms with Crippen LogP contribution in [0.3, 0.4) is 0 Å². The number of rotatable bonds is 3. The summed E-state index contributed by atoms with van der Waals surface area (Å²) >= 11 is 0. The molecule has 1 saturated heterocycles. The standard InChI is InChI=1S/C22H27N3O3/c1-14-13-25(9-8-17(14)21(26)28-22(2,3)4)20-15(11-23)12-24-19-10-16(27-5)6-7-18(19)20/h6-7,10,12,14,17H,8-9,13H2,1-5H3/t14-,17+/m1/s1. The maximum atomic E-state index is 12.6. The number of pyridine rings is 1. The highest BCUT2D eigenvalue weighted by Gasteiger charge is 2.35. The van der Waals surface area contributed by atoms with Crippen molar-refractivity contribution in [3.63, 3.8) is 0 Å². The number of aromatic nitrogens is 1. The fourth-order valence-electron chi connectivity index (χ4n) is 3.78. The fourth-order valence-corrected chi connectivity index (χ4v) is 3.78. The van der Waals surface area contributed by atoms with Gasteiger partial charge in [0.15, 0.2) is 0 Å². The van der Waals surface area contributed by atoms with E-state index < -0.39 is 5.60 Å². The molecule has 0 radical (unpaired) electrons. The molecule has 1 aromatic heterocycles. The lowest BCUT2D eigenvalue weighted by Crippen LogP contribution is -2.44. The van der Waals surface area contributed by atoms with Gasteiger partial charge in [0, 0.05) is 30.7 Å². The molecule has 6 nitrogen and oxygen atoms in total. The highest BCUT2D eigenvalue weighted by atomic mass is 16.6. The second-order valence-electron chi connectivity index (χ2n) is 8.37. The molecule has 1 aliphatic rings. The van der Waals surface area contributed by atoms with Crippen LogP contribution in [0.25, 0.3) is 10.9 Å². The Morgan fingerprint density at radius 2 is 2.11 bits per heavy atom. The summed E-state index contributed by atoms with van der Waals surface area (Å²) in [5, 5.41) is 10.5. The number of carbonyl (C=O) groups is 1. The number of hydrogen-bond acceptors (Lipinski definition) is 6. The molecule has 0 saturated carbocycles. The summed E-state index contributed by atoms with van der Waals surface area (Å²) in [5.41, 5.74) is 1.72. The quantitative estimate of drug-likeness (QED) is 0.750. The molecular formula is C22H27N3O3. The van der Waals surface area contributed by atoms with Crippen LogP contribution in [0.4, 0.5) is 5.69 Å². The number of fused-ring (bicyclic) bond motifs is 1. The second-order valence-corrected chi connectivity index (χ2v) is 8.37. The van der Waals surface area contributed by atoms with Gasteiger partial charge in [0.05, 0.1) is 29.8 Å². The minimum absolute atomic E-state index is 0.122. The maximum Gasteiger partial charge on any atom is 0.309 e. The van der Waals surface area contributed by atoms with Gasteiger partial charge in [0.1, 0.15) is 17.4 Å². The Hall–Kier alpha value is -2.81. The predicted molar refractivity (Wildman–Crippen MR) is 108 cm³/mol. The van der Waals surface area contributed by atoms with Crippen molar-refractivity contribution in [1.82, 2.24) is 4.98 Å². The third-order valence-electron chi connectivity index (χ3n) is 5.10. The smallest absolute Gasteiger partial charge is 0.309 e. The number of carbonyl (C=O) groups excluding carboxylic acids is 1. The van der Waals surface area contributed by atoms with Crippen molar-refractivity contribution >= 4 is 22.6 Å². The molecule has 148 valence electrons. The zero-order chi connectivity index (χ0) is 20.5. The van der Waals surface area contributed by atoms with Crippen molar-refractivity contribution in [1.29, 1.82) is 5.26 Å². The third kappa shape index (κ3) is 4.04. The van der Waals surface area contributed by atoms with Crippen LogP contribution >= 0.6 is 0 Å². The zero-order valence-corrected chi connectivity index (χ0v) is 17.2. The van der Waals surface area contributed by atoms with Gasteiger partial charge in [-0.2, -0.15) is 5.26 Å². The summed E-state index contributed by atoms with van der Waals surface area (Å²) in [6.45, 7) is 9.11. The van der Waals surface area contributed by atoms with Crippen LogP contribution in [0, 0.1) is 23.2 Å². The molecule has 1 aromatic carbocycles. The lowest BCUT2D eigenvalue weighted by Gasteiger charge is -2.38. The number of piperidine rings is 1. The normalized spacial score (nSPS) is 19.9. The van der Waals surface area contributed by atoms with E-state index >= 15 is 0 Å². The van der Waals surface area contributed by atoms with E-state index in [4.69, 9.17) is 9.47 Å². The van der Waals surface area contributed by atoms with E-state index in [1.165, 1.54) is 0 Å². The topological polar surface area (TPSA) is 75.4 Å². The maximum absolute atomic E-state index is 12.6. The number of nitrogens with zero attached hydrogens (tertiary/aromatic N) is 3. The predicted octanol–water partition coefficient (Wildman–Crippen LogP) is 3.92. The van der Waals surface area contributed by atoms with E-state index in [2.05, 4.69) is 22.9 Å². The first-order chi connectivity index (χ1) is 13.2. The third-order valence-corrected chi connectivity index (χ3v) is 5.10. The zero-order valence-electron chi connectivity index (χ0n) is 17.2. The Morgan fingerprint density at radius 1 is 1.36 bits per heavy atom. The Kier molecular flexibility index (Phi) is 5.46. The number of ether oxygens (including phenoxy) is 2. The van der Waals surface area contributed by atoms with E-state index in [0.717, 1.165) is 22.3 Å². The number of anilines is 1. The molecule has 0 bridgehead atoms. The highest BCUT2D eigenvalue weighted by molar-refractivity contribution is 5.95.